The Labute approximate surface area is 282 Å². The Morgan fingerprint density at radius 1 is 0.938 bits per heavy atom. The second-order valence-corrected chi connectivity index (χ2v) is 12.2. The number of nitrogens with one attached hydrogen (secondary N) is 1. The number of hydrogen-bond donors (Lipinski definition) is 2. The molecule has 0 saturated carbocycles. The van der Waals surface area contributed by atoms with Gasteiger partial charge >= 0.3 is 0 Å². The number of unbranched alkanes of at least 4 members (excludes halogenated alkanes) is 2. The molecule has 2 N–H and O–H groups in total. The second kappa shape index (κ2) is 16.2. The Morgan fingerprint density at radius 3 is 2.31 bits per heavy atom. The molecule has 1 atom stereocenters. The molecule has 0 saturated heterocycles. The van der Waals surface area contributed by atoms with Gasteiger partial charge in [-0.05, 0) is 67.6 Å². The van der Waals surface area contributed by atoms with E-state index in [0.29, 0.717) is 60.1 Å². The van der Waals surface area contributed by atoms with Crippen molar-refractivity contribution < 1.29 is 24.2 Å². The Bertz CT molecular complexity index is 1710. The molecule has 0 bridgehead atoms. The van der Waals surface area contributed by atoms with Crippen LogP contribution in [0.1, 0.15) is 77.2 Å². The second-order valence-electron chi connectivity index (χ2n) is 12.2. The number of nitrogens with zero attached hydrogens (tertiary/aromatic N) is 4. The van der Waals surface area contributed by atoms with Gasteiger partial charge in [0.05, 0.1) is 23.9 Å². The average molecular weight is 652 g/mol. The van der Waals surface area contributed by atoms with E-state index in [9.17, 15) is 19.5 Å². The molecule has 0 aliphatic carbocycles. The number of aliphatic hydroxyl groups is 1. The van der Waals surface area contributed by atoms with Gasteiger partial charge in [0.2, 0.25) is 0 Å². The number of benzene rings is 3. The number of para-hydroxylation sites is 1. The lowest BCUT2D eigenvalue weighted by Gasteiger charge is -2.36. The number of hydrogen-bond acceptors (Lipinski definition) is 6. The molecule has 3 aromatic carbocycles. The highest BCUT2D eigenvalue weighted by molar-refractivity contribution is 5.99. The van der Waals surface area contributed by atoms with Gasteiger partial charge in [-0.3, -0.25) is 14.4 Å². The van der Waals surface area contributed by atoms with E-state index in [0.717, 1.165) is 36.8 Å². The molecule has 2 heterocycles. The highest BCUT2D eigenvalue weighted by Gasteiger charge is 2.32. The fourth-order valence-electron chi connectivity index (χ4n) is 5.97. The van der Waals surface area contributed by atoms with Gasteiger partial charge in [0.15, 0.2) is 12.3 Å². The predicted molar refractivity (Wildman–Crippen MR) is 185 cm³/mol. The van der Waals surface area contributed by atoms with Crippen molar-refractivity contribution in [3.05, 3.63) is 107 Å². The molecule has 0 unspecified atom stereocenters. The number of aromatic nitrogens is 2. The zero-order valence-electron chi connectivity index (χ0n) is 28.0. The van der Waals surface area contributed by atoms with Crippen molar-refractivity contribution in [2.45, 2.75) is 65.5 Å². The van der Waals surface area contributed by atoms with Crippen molar-refractivity contribution in [2.75, 3.05) is 31.6 Å². The third-order valence-corrected chi connectivity index (χ3v) is 8.64. The van der Waals surface area contributed by atoms with E-state index in [2.05, 4.69) is 19.2 Å². The molecule has 10 heteroatoms. The van der Waals surface area contributed by atoms with E-state index < -0.39 is 6.04 Å². The zero-order chi connectivity index (χ0) is 34.0. The normalized spacial score (nSPS) is 13.9. The smallest absolute Gasteiger partial charge is 0.274 e. The summed E-state index contributed by atoms with van der Waals surface area (Å²) in [6.07, 6.45) is 4.28. The maximum atomic E-state index is 14.3. The van der Waals surface area contributed by atoms with E-state index >= 15 is 0 Å². The number of ether oxygens (including phenoxy) is 1. The van der Waals surface area contributed by atoms with Gasteiger partial charge < -0.3 is 25.0 Å². The Kier molecular flexibility index (Phi) is 11.6. The van der Waals surface area contributed by atoms with Crippen LogP contribution in [0.4, 0.5) is 5.69 Å². The first-order valence-electron chi connectivity index (χ1n) is 16.8. The topological polar surface area (TPSA) is 117 Å². The molecule has 0 spiro atoms. The molecule has 1 aromatic heterocycles. The molecule has 3 amide bonds. The number of amides is 3. The van der Waals surface area contributed by atoms with Gasteiger partial charge in [-0.1, -0.05) is 69.2 Å². The van der Waals surface area contributed by atoms with Crippen molar-refractivity contribution >= 4 is 23.4 Å². The highest BCUT2D eigenvalue weighted by Crippen LogP contribution is 2.29. The summed E-state index contributed by atoms with van der Waals surface area (Å²) in [4.78, 5) is 44.2. The van der Waals surface area contributed by atoms with Gasteiger partial charge in [-0.2, -0.15) is 5.10 Å². The fourth-order valence-corrected chi connectivity index (χ4v) is 5.97. The SMILES string of the molecule is CCCCN(CCCC)C(=O)c1cc(C)n(-c2cc(OCC(=O)Nc3ccccc3)ccc2C(=O)N2Cc3ccccc3C[C@H]2CO)n1. The summed E-state index contributed by atoms with van der Waals surface area (Å²) in [6, 6.07) is 23.4. The largest absolute Gasteiger partial charge is 0.484 e. The van der Waals surface area contributed by atoms with E-state index in [1.807, 2.05) is 54.3 Å². The molecule has 0 fully saturated rings. The molecule has 1 aliphatic rings. The Hall–Kier alpha value is -4.96. The first-order chi connectivity index (χ1) is 23.3. The molecular weight excluding hydrogens is 606 g/mol. The maximum Gasteiger partial charge on any atom is 0.274 e. The molecule has 4 aromatic rings. The van der Waals surface area contributed by atoms with Crippen molar-refractivity contribution in [1.29, 1.82) is 0 Å². The molecule has 48 heavy (non-hydrogen) atoms. The molecule has 10 nitrogen and oxygen atoms in total. The third kappa shape index (κ3) is 8.12. The van der Waals surface area contributed by atoms with Gasteiger partial charge in [0.25, 0.3) is 17.7 Å². The van der Waals surface area contributed by atoms with Crippen molar-refractivity contribution in [1.82, 2.24) is 19.6 Å². The number of aliphatic hydroxyl groups excluding tert-OH is 1. The monoisotopic (exact) mass is 651 g/mol. The van der Waals surface area contributed by atoms with Crippen molar-refractivity contribution in [2.24, 2.45) is 0 Å². The summed E-state index contributed by atoms with van der Waals surface area (Å²) in [5.74, 6) is -0.391. The van der Waals surface area contributed by atoms with E-state index in [1.165, 1.54) is 0 Å². The third-order valence-electron chi connectivity index (χ3n) is 8.64. The van der Waals surface area contributed by atoms with Crippen LogP contribution in [-0.4, -0.2) is 74.8 Å². The predicted octanol–water partition coefficient (Wildman–Crippen LogP) is 5.80. The summed E-state index contributed by atoms with van der Waals surface area (Å²) >= 11 is 0. The van der Waals surface area contributed by atoms with Crippen LogP contribution in [0, 0.1) is 6.92 Å². The molecule has 252 valence electrons. The number of carbonyl (C=O) groups excluding carboxylic acids is 3. The molecule has 0 radical (unpaired) electrons. The minimum absolute atomic E-state index is 0.149. The lowest BCUT2D eigenvalue weighted by molar-refractivity contribution is -0.118. The first-order valence-corrected chi connectivity index (χ1v) is 16.8. The van der Waals surface area contributed by atoms with E-state index in [4.69, 9.17) is 9.84 Å². The van der Waals surface area contributed by atoms with Crippen LogP contribution < -0.4 is 10.1 Å². The number of rotatable bonds is 14. The number of anilines is 1. The lowest BCUT2D eigenvalue weighted by Crippen LogP contribution is -2.46. The van der Waals surface area contributed by atoms with Crippen LogP contribution in [0.15, 0.2) is 78.9 Å². The van der Waals surface area contributed by atoms with Gasteiger partial charge in [-0.15, -0.1) is 0 Å². The lowest BCUT2D eigenvalue weighted by atomic mass is 9.93. The van der Waals surface area contributed by atoms with Crippen LogP contribution in [-0.2, 0) is 17.8 Å². The maximum absolute atomic E-state index is 14.3. The molecular formula is C38H45N5O5. The Balaban J connectivity index is 1.48. The van der Waals surface area contributed by atoms with Gasteiger partial charge in [0.1, 0.15) is 5.75 Å². The average Bonchev–Trinajstić information content (AvgIpc) is 3.51. The first kappa shape index (κ1) is 34.4. The van der Waals surface area contributed by atoms with Gasteiger partial charge in [0, 0.05) is 37.1 Å². The molecule has 1 aliphatic heterocycles. The molecule has 5 rings (SSSR count). The summed E-state index contributed by atoms with van der Waals surface area (Å²) in [5.41, 5.74) is 4.52. The number of carbonyl (C=O) groups is 3. The van der Waals surface area contributed by atoms with Gasteiger partial charge in [-0.25, -0.2) is 4.68 Å². The van der Waals surface area contributed by atoms with Crippen LogP contribution in [0.25, 0.3) is 5.69 Å². The fraction of sp³-hybridized carbons (Fsp3) is 0.368. The van der Waals surface area contributed by atoms with Crippen molar-refractivity contribution in [3.63, 3.8) is 0 Å². The summed E-state index contributed by atoms with van der Waals surface area (Å²) < 4.78 is 7.50. The standard InChI is InChI=1S/C38H45N5O5/c1-4-6-19-41(20-7-5-2)38(47)34-21-27(3)43(40-34)35-23-32(48-26-36(45)39-30-15-9-8-10-16-30)17-18-33(35)37(46)42-24-29-14-12-11-13-28(29)22-31(42)25-44/h8-18,21,23,31,44H,4-7,19-20,22,24-26H2,1-3H3,(H,39,45)/t31-/m0/s1. The summed E-state index contributed by atoms with van der Waals surface area (Å²) in [6.45, 7) is 7.26. The number of fused-ring (bicyclic) bond motifs is 1. The van der Waals surface area contributed by atoms with Crippen LogP contribution in [0.3, 0.4) is 0 Å². The number of aryl methyl sites for hydroxylation is 1. The van der Waals surface area contributed by atoms with Crippen LogP contribution >= 0.6 is 0 Å². The van der Waals surface area contributed by atoms with E-state index in [1.54, 1.807) is 46.0 Å². The minimum Gasteiger partial charge on any atom is -0.484 e. The summed E-state index contributed by atoms with van der Waals surface area (Å²) in [5, 5.41) is 17.9. The van der Waals surface area contributed by atoms with Crippen molar-refractivity contribution in [3.8, 4) is 11.4 Å². The van der Waals surface area contributed by atoms with Crippen LogP contribution in [0.2, 0.25) is 0 Å². The zero-order valence-corrected chi connectivity index (χ0v) is 28.0. The minimum atomic E-state index is -0.403. The summed E-state index contributed by atoms with van der Waals surface area (Å²) in [7, 11) is 0. The van der Waals surface area contributed by atoms with E-state index in [-0.39, 0.29) is 30.9 Å². The quantitative estimate of drug-likeness (QED) is 0.178. The Morgan fingerprint density at radius 2 is 1.62 bits per heavy atom. The highest BCUT2D eigenvalue weighted by atomic mass is 16.5. The van der Waals surface area contributed by atoms with Crippen LogP contribution in [0.5, 0.6) is 5.75 Å².